The standard InChI is InChI=1S/C32H41N7O/c1-35(2)27-12-5-4-9-25(27)21-38(28-13-6-10-24-11-8-16-33-32(24)28)22-26-29(23-40)39-30(34-26)14-7-15-31(39)37-19-17-36(3)18-20-37/h4-5,7-9,11-12,14-16,28,40H,6,10,13,17-23H2,1-3H3/t28-/m0/s1. The van der Waals surface area contributed by atoms with Gasteiger partial charge in [-0.2, -0.15) is 0 Å². The molecular weight excluding hydrogens is 498 g/mol. The minimum absolute atomic E-state index is 0.0527. The van der Waals surface area contributed by atoms with E-state index in [4.69, 9.17) is 9.97 Å². The zero-order valence-electron chi connectivity index (χ0n) is 24.0. The number of hydrogen-bond donors (Lipinski definition) is 1. The second-order valence-electron chi connectivity index (χ2n) is 11.4. The van der Waals surface area contributed by atoms with Crippen molar-refractivity contribution >= 4 is 17.2 Å². The Morgan fingerprint density at radius 3 is 2.58 bits per heavy atom. The van der Waals surface area contributed by atoms with Crippen LogP contribution < -0.4 is 9.80 Å². The summed E-state index contributed by atoms with van der Waals surface area (Å²) in [5.41, 5.74) is 7.75. The molecule has 8 heteroatoms. The fraction of sp³-hybridized carbons (Fsp3) is 0.438. The number of hydrogen-bond acceptors (Lipinski definition) is 7. The molecule has 0 bridgehead atoms. The first kappa shape index (κ1) is 26.7. The van der Waals surface area contributed by atoms with Crippen molar-refractivity contribution in [1.82, 2.24) is 24.2 Å². The zero-order chi connectivity index (χ0) is 27.6. The molecular formula is C32H41N7O. The summed E-state index contributed by atoms with van der Waals surface area (Å²) in [6, 6.07) is 19.4. The monoisotopic (exact) mass is 539 g/mol. The molecule has 6 rings (SSSR count). The van der Waals surface area contributed by atoms with Gasteiger partial charge in [0.15, 0.2) is 0 Å². The molecule has 4 aromatic rings. The zero-order valence-corrected chi connectivity index (χ0v) is 24.0. The Balaban J connectivity index is 1.41. The van der Waals surface area contributed by atoms with Crippen molar-refractivity contribution in [2.45, 2.75) is 45.0 Å². The number of aliphatic hydroxyl groups is 1. The number of anilines is 2. The summed E-state index contributed by atoms with van der Waals surface area (Å²) in [6.07, 6.45) is 5.20. The van der Waals surface area contributed by atoms with E-state index >= 15 is 0 Å². The van der Waals surface area contributed by atoms with Crippen LogP contribution in [0.3, 0.4) is 0 Å². The van der Waals surface area contributed by atoms with Crippen molar-refractivity contribution in [2.75, 3.05) is 57.1 Å². The van der Waals surface area contributed by atoms with Gasteiger partial charge in [0.1, 0.15) is 11.5 Å². The average molecular weight is 540 g/mol. The van der Waals surface area contributed by atoms with Crippen molar-refractivity contribution in [2.24, 2.45) is 0 Å². The maximum absolute atomic E-state index is 10.7. The van der Waals surface area contributed by atoms with Gasteiger partial charge in [-0.25, -0.2) is 4.98 Å². The van der Waals surface area contributed by atoms with Crippen molar-refractivity contribution in [3.63, 3.8) is 0 Å². The number of aliphatic hydroxyl groups excluding tert-OH is 1. The van der Waals surface area contributed by atoms with E-state index in [-0.39, 0.29) is 12.6 Å². The van der Waals surface area contributed by atoms with Crippen molar-refractivity contribution in [3.05, 3.63) is 89.0 Å². The Morgan fingerprint density at radius 2 is 1.77 bits per heavy atom. The van der Waals surface area contributed by atoms with E-state index in [0.29, 0.717) is 6.54 Å². The van der Waals surface area contributed by atoms with Gasteiger partial charge in [-0.05, 0) is 61.7 Å². The molecule has 1 atom stereocenters. The van der Waals surface area contributed by atoms with Crippen LogP contribution in [0.2, 0.25) is 0 Å². The Kier molecular flexibility index (Phi) is 7.74. The first-order chi connectivity index (χ1) is 19.5. The van der Waals surface area contributed by atoms with E-state index in [0.717, 1.165) is 74.8 Å². The van der Waals surface area contributed by atoms with Crippen molar-refractivity contribution < 1.29 is 5.11 Å². The van der Waals surface area contributed by atoms with Gasteiger partial charge in [0.25, 0.3) is 0 Å². The summed E-state index contributed by atoms with van der Waals surface area (Å²) in [7, 11) is 6.38. The quantitative estimate of drug-likeness (QED) is 0.361. The number of benzene rings is 1. The molecule has 0 spiro atoms. The molecule has 0 unspecified atom stereocenters. The second-order valence-corrected chi connectivity index (χ2v) is 11.4. The summed E-state index contributed by atoms with van der Waals surface area (Å²) < 4.78 is 2.18. The normalized spacial score (nSPS) is 17.9. The van der Waals surface area contributed by atoms with E-state index in [1.807, 2.05) is 6.20 Å². The van der Waals surface area contributed by atoms with Gasteiger partial charge in [0.2, 0.25) is 0 Å². The smallest absolute Gasteiger partial charge is 0.138 e. The summed E-state index contributed by atoms with van der Waals surface area (Å²) >= 11 is 0. The van der Waals surface area contributed by atoms with Gasteiger partial charge >= 0.3 is 0 Å². The molecule has 2 aliphatic rings. The fourth-order valence-corrected chi connectivity index (χ4v) is 6.46. The van der Waals surface area contributed by atoms with Crippen LogP contribution in [0.15, 0.2) is 60.8 Å². The van der Waals surface area contributed by atoms with Gasteiger partial charge in [-0.1, -0.05) is 30.3 Å². The third kappa shape index (κ3) is 5.19. The van der Waals surface area contributed by atoms with Crippen LogP contribution in [0.5, 0.6) is 0 Å². The Hall–Kier alpha value is -3.46. The van der Waals surface area contributed by atoms with Crippen molar-refractivity contribution in [3.8, 4) is 0 Å². The van der Waals surface area contributed by atoms with Crippen molar-refractivity contribution in [1.29, 1.82) is 0 Å². The first-order valence-corrected chi connectivity index (χ1v) is 14.5. The average Bonchev–Trinajstić information content (AvgIpc) is 3.34. The number of rotatable bonds is 8. The highest BCUT2D eigenvalue weighted by Gasteiger charge is 2.30. The largest absolute Gasteiger partial charge is 0.390 e. The minimum Gasteiger partial charge on any atom is -0.390 e. The van der Waals surface area contributed by atoms with E-state index in [2.05, 4.69) is 99.7 Å². The van der Waals surface area contributed by atoms with Crippen LogP contribution in [0.1, 0.15) is 47.1 Å². The highest BCUT2D eigenvalue weighted by atomic mass is 16.3. The molecule has 1 N–H and O–H groups in total. The molecule has 210 valence electrons. The summed E-state index contributed by atoms with van der Waals surface area (Å²) in [5.74, 6) is 1.11. The molecule has 0 radical (unpaired) electrons. The highest BCUT2D eigenvalue weighted by Crippen LogP contribution is 2.36. The fourth-order valence-electron chi connectivity index (χ4n) is 6.46. The minimum atomic E-state index is -0.0527. The SMILES string of the molecule is CN1CCN(c2cccc3nc(CN(Cc4ccccc4N(C)C)[C@H]4CCCc5cccnc54)c(CO)n23)CC1. The van der Waals surface area contributed by atoms with Crippen LogP contribution in [0, 0.1) is 0 Å². The maximum atomic E-state index is 10.7. The van der Waals surface area contributed by atoms with E-state index in [9.17, 15) is 5.11 Å². The van der Waals surface area contributed by atoms with E-state index < -0.39 is 0 Å². The number of pyridine rings is 2. The number of fused-ring (bicyclic) bond motifs is 2. The molecule has 1 aliphatic carbocycles. The summed E-state index contributed by atoms with van der Waals surface area (Å²) in [5, 5.41) is 10.7. The summed E-state index contributed by atoms with van der Waals surface area (Å²) in [4.78, 5) is 19.5. The number of aryl methyl sites for hydroxylation is 1. The van der Waals surface area contributed by atoms with E-state index in [1.54, 1.807) is 0 Å². The number of piperazine rings is 1. The lowest BCUT2D eigenvalue weighted by atomic mass is 9.90. The number of likely N-dealkylation sites (N-methyl/N-ethyl adjacent to an activating group) is 1. The maximum Gasteiger partial charge on any atom is 0.138 e. The van der Waals surface area contributed by atoms with Gasteiger partial charge in [-0.15, -0.1) is 0 Å². The van der Waals surface area contributed by atoms with Crippen LogP contribution in [-0.4, -0.2) is 76.6 Å². The number of para-hydroxylation sites is 1. The number of nitrogens with zero attached hydrogens (tertiary/aromatic N) is 7. The third-order valence-electron chi connectivity index (χ3n) is 8.58. The van der Waals surface area contributed by atoms with E-state index in [1.165, 1.54) is 22.5 Å². The molecule has 1 aliphatic heterocycles. The predicted molar refractivity (Wildman–Crippen MR) is 161 cm³/mol. The van der Waals surface area contributed by atoms with Crippen LogP contribution in [-0.2, 0) is 26.1 Å². The Labute approximate surface area is 237 Å². The second kappa shape index (κ2) is 11.6. The van der Waals surface area contributed by atoms with Gasteiger partial charge < -0.3 is 19.8 Å². The van der Waals surface area contributed by atoms with Crippen LogP contribution in [0.4, 0.5) is 11.5 Å². The lowest BCUT2D eigenvalue weighted by Gasteiger charge is -2.36. The molecule has 8 nitrogen and oxygen atoms in total. The van der Waals surface area contributed by atoms with Gasteiger partial charge in [0, 0.05) is 65.2 Å². The predicted octanol–water partition coefficient (Wildman–Crippen LogP) is 4.12. The lowest BCUT2D eigenvalue weighted by Crippen LogP contribution is -2.45. The topological polar surface area (TPSA) is 63.4 Å². The molecule has 4 heterocycles. The Bertz CT molecular complexity index is 1460. The third-order valence-corrected chi connectivity index (χ3v) is 8.58. The highest BCUT2D eigenvalue weighted by molar-refractivity contribution is 5.55. The molecule has 1 fully saturated rings. The molecule has 0 amide bonds. The summed E-state index contributed by atoms with van der Waals surface area (Å²) in [6.45, 7) is 5.35. The molecule has 1 aromatic carbocycles. The first-order valence-electron chi connectivity index (χ1n) is 14.5. The molecule has 40 heavy (non-hydrogen) atoms. The van der Waals surface area contributed by atoms with Gasteiger partial charge in [0.05, 0.1) is 29.7 Å². The molecule has 1 saturated heterocycles. The Morgan fingerprint density at radius 1 is 0.950 bits per heavy atom. The molecule has 0 saturated carbocycles. The lowest BCUT2D eigenvalue weighted by molar-refractivity contribution is 0.153. The van der Waals surface area contributed by atoms with Gasteiger partial charge in [-0.3, -0.25) is 14.3 Å². The number of imidazole rings is 1. The number of aromatic nitrogens is 3. The van der Waals surface area contributed by atoms with Crippen LogP contribution >= 0.6 is 0 Å². The van der Waals surface area contributed by atoms with Crippen LogP contribution in [0.25, 0.3) is 5.65 Å². The molecule has 3 aromatic heterocycles.